The molecule has 4 N–H and O–H groups in total. The van der Waals surface area contributed by atoms with Crippen molar-refractivity contribution < 1.29 is 9.90 Å². The molecule has 0 unspecified atom stereocenters. The van der Waals surface area contributed by atoms with Crippen LogP contribution in [0.3, 0.4) is 0 Å². The normalized spacial score (nSPS) is 15.0. The van der Waals surface area contributed by atoms with Gasteiger partial charge in [0, 0.05) is 31.7 Å². The van der Waals surface area contributed by atoms with Gasteiger partial charge in [-0.2, -0.15) is 0 Å². The van der Waals surface area contributed by atoms with Gasteiger partial charge in [-0.15, -0.1) is 0 Å². The first-order valence-electron chi connectivity index (χ1n) is 9.60. The van der Waals surface area contributed by atoms with E-state index in [1.807, 2.05) is 42.9 Å². The van der Waals surface area contributed by atoms with Gasteiger partial charge >= 0.3 is 0 Å². The zero-order valence-corrected chi connectivity index (χ0v) is 16.3. The van der Waals surface area contributed by atoms with E-state index in [9.17, 15) is 9.90 Å². The Balaban J connectivity index is 1.50. The Hall–Kier alpha value is -3.39. The topological polar surface area (TPSA) is 108 Å². The molecule has 1 aromatic carbocycles. The third-order valence-corrected chi connectivity index (χ3v) is 5.51. The first kappa shape index (κ1) is 17.7. The van der Waals surface area contributed by atoms with Crippen LogP contribution >= 0.6 is 0 Å². The maximum absolute atomic E-state index is 12.0. The summed E-state index contributed by atoms with van der Waals surface area (Å²) in [5.41, 5.74) is 4.40. The molecule has 0 atom stereocenters. The molecule has 3 aromatic heterocycles. The van der Waals surface area contributed by atoms with Crippen LogP contribution < -0.4 is 10.6 Å². The fourth-order valence-electron chi connectivity index (χ4n) is 3.67. The van der Waals surface area contributed by atoms with Crippen molar-refractivity contribution in [2.75, 3.05) is 12.4 Å². The lowest BCUT2D eigenvalue weighted by Gasteiger charge is -2.10. The molecular formula is C21H22N6O2. The Labute approximate surface area is 167 Å². The molecule has 8 nitrogen and oxygen atoms in total. The van der Waals surface area contributed by atoms with Crippen LogP contribution in [0.15, 0.2) is 36.7 Å². The molecule has 1 saturated carbocycles. The summed E-state index contributed by atoms with van der Waals surface area (Å²) in [6, 6.07) is 10.0. The summed E-state index contributed by atoms with van der Waals surface area (Å²) >= 11 is 0. The molecule has 1 amide bonds. The number of nitrogens with one attached hydrogen (secondary N) is 3. The van der Waals surface area contributed by atoms with Crippen molar-refractivity contribution >= 4 is 33.8 Å². The number of aromatic amines is 1. The van der Waals surface area contributed by atoms with E-state index in [0.717, 1.165) is 44.7 Å². The number of carbonyl (C=O) groups is 1. The Kier molecular flexibility index (Phi) is 3.85. The van der Waals surface area contributed by atoms with E-state index in [1.54, 1.807) is 6.33 Å². The number of H-pyrrole nitrogens is 1. The number of fused-ring (bicyclic) bond motifs is 3. The summed E-state index contributed by atoms with van der Waals surface area (Å²) in [4.78, 5) is 24.5. The summed E-state index contributed by atoms with van der Waals surface area (Å²) in [6.07, 6.45) is 2.87. The molecule has 148 valence electrons. The number of hydrogen-bond donors (Lipinski definition) is 4. The lowest BCUT2D eigenvalue weighted by Crippen LogP contribution is -2.35. The third kappa shape index (κ3) is 2.92. The number of aromatic nitrogens is 4. The number of rotatable bonds is 5. The molecule has 0 aliphatic heterocycles. The van der Waals surface area contributed by atoms with Crippen molar-refractivity contribution in [1.29, 1.82) is 0 Å². The minimum Gasteiger partial charge on any atom is -0.380 e. The highest BCUT2D eigenvalue weighted by Crippen LogP contribution is 2.35. The second kappa shape index (κ2) is 6.31. The van der Waals surface area contributed by atoms with Crippen LogP contribution in [-0.2, 0) is 18.4 Å². The summed E-state index contributed by atoms with van der Waals surface area (Å²) in [5, 5.41) is 16.8. The van der Waals surface area contributed by atoms with E-state index in [1.165, 1.54) is 0 Å². The molecule has 0 saturated heterocycles. The van der Waals surface area contributed by atoms with Crippen molar-refractivity contribution in [3.05, 3.63) is 42.2 Å². The number of pyridine rings is 1. The highest BCUT2D eigenvalue weighted by Gasteiger charge is 2.47. The largest absolute Gasteiger partial charge is 0.380 e. The van der Waals surface area contributed by atoms with Crippen LogP contribution in [0, 0.1) is 0 Å². The predicted octanol–water partition coefficient (Wildman–Crippen LogP) is 2.30. The number of imidazole rings is 1. The number of aryl methyl sites for hydroxylation is 1. The van der Waals surface area contributed by atoms with Gasteiger partial charge in [0.15, 0.2) is 5.82 Å². The van der Waals surface area contributed by atoms with E-state index in [2.05, 4.69) is 31.7 Å². The molecule has 1 aliphatic rings. The van der Waals surface area contributed by atoms with Gasteiger partial charge in [0.1, 0.15) is 16.8 Å². The van der Waals surface area contributed by atoms with E-state index in [-0.39, 0.29) is 5.91 Å². The standard InChI is InChI=1S/C21H22N6O2/c1-22-19-16-17(27(2)11-24-16)14-9-15(25-18(14)26-19)13-5-3-4-12(8-13)10-23-20(28)21(29)6-7-21/h3-5,8-9,11,29H,6-7,10H2,1-2H3,(H,23,28)(H2,22,25,26). The fourth-order valence-corrected chi connectivity index (χ4v) is 3.67. The average Bonchev–Trinajstić information content (AvgIpc) is 3.17. The Morgan fingerprint density at radius 1 is 1.34 bits per heavy atom. The first-order valence-corrected chi connectivity index (χ1v) is 9.60. The van der Waals surface area contributed by atoms with Gasteiger partial charge in [0.25, 0.3) is 5.91 Å². The fraction of sp³-hybridized carbons (Fsp3) is 0.286. The third-order valence-electron chi connectivity index (χ3n) is 5.51. The lowest BCUT2D eigenvalue weighted by atomic mass is 10.1. The van der Waals surface area contributed by atoms with Crippen molar-refractivity contribution in [3.8, 4) is 11.3 Å². The number of hydrogen-bond acceptors (Lipinski definition) is 5. The van der Waals surface area contributed by atoms with Crippen LogP contribution in [0.1, 0.15) is 18.4 Å². The van der Waals surface area contributed by atoms with Crippen LogP contribution in [0.5, 0.6) is 0 Å². The molecule has 3 heterocycles. The molecule has 4 aromatic rings. The molecule has 1 aliphatic carbocycles. The minimum atomic E-state index is -1.15. The maximum Gasteiger partial charge on any atom is 0.252 e. The quantitative estimate of drug-likeness (QED) is 0.418. The highest BCUT2D eigenvalue weighted by molar-refractivity contribution is 6.07. The summed E-state index contributed by atoms with van der Waals surface area (Å²) in [6.45, 7) is 0.378. The second-order valence-electron chi connectivity index (χ2n) is 7.62. The predicted molar refractivity (Wildman–Crippen MR) is 111 cm³/mol. The summed E-state index contributed by atoms with van der Waals surface area (Å²) in [5.74, 6) is 0.437. The van der Waals surface area contributed by atoms with Gasteiger partial charge in [0.05, 0.1) is 11.8 Å². The van der Waals surface area contributed by atoms with Crippen LogP contribution in [0.2, 0.25) is 0 Å². The number of amides is 1. The number of aliphatic hydroxyl groups is 1. The van der Waals surface area contributed by atoms with Gasteiger partial charge < -0.3 is 25.3 Å². The molecular weight excluding hydrogens is 368 g/mol. The Morgan fingerprint density at radius 2 is 2.17 bits per heavy atom. The van der Waals surface area contributed by atoms with Gasteiger partial charge in [-0.05, 0) is 36.1 Å². The lowest BCUT2D eigenvalue weighted by molar-refractivity contribution is -0.131. The van der Waals surface area contributed by atoms with Gasteiger partial charge in [0.2, 0.25) is 0 Å². The van der Waals surface area contributed by atoms with Gasteiger partial charge in [-0.1, -0.05) is 18.2 Å². The van der Waals surface area contributed by atoms with Crippen molar-refractivity contribution in [1.82, 2.24) is 24.8 Å². The molecule has 0 spiro atoms. The van der Waals surface area contributed by atoms with Crippen molar-refractivity contribution in [2.24, 2.45) is 7.05 Å². The summed E-state index contributed by atoms with van der Waals surface area (Å²) < 4.78 is 1.99. The molecule has 1 fully saturated rings. The molecule has 0 radical (unpaired) electrons. The van der Waals surface area contributed by atoms with Gasteiger partial charge in [-0.3, -0.25) is 4.79 Å². The van der Waals surface area contributed by atoms with Crippen molar-refractivity contribution in [2.45, 2.75) is 25.0 Å². The van der Waals surface area contributed by atoms with Gasteiger partial charge in [-0.25, -0.2) is 9.97 Å². The highest BCUT2D eigenvalue weighted by atomic mass is 16.3. The Morgan fingerprint density at radius 3 is 2.93 bits per heavy atom. The minimum absolute atomic E-state index is 0.295. The maximum atomic E-state index is 12.0. The van der Waals surface area contributed by atoms with E-state index < -0.39 is 5.60 Å². The number of benzene rings is 1. The zero-order valence-electron chi connectivity index (χ0n) is 16.3. The number of nitrogens with zero attached hydrogens (tertiary/aromatic N) is 3. The molecule has 0 bridgehead atoms. The monoisotopic (exact) mass is 390 g/mol. The Bertz CT molecular complexity index is 1250. The smallest absolute Gasteiger partial charge is 0.252 e. The SMILES string of the molecule is CNc1nc2[nH]c(-c3cccc(CNC(=O)C4(O)CC4)c3)cc2c2c1ncn2C. The van der Waals surface area contributed by atoms with Crippen LogP contribution in [0.4, 0.5) is 5.82 Å². The average molecular weight is 390 g/mol. The van der Waals surface area contributed by atoms with E-state index in [4.69, 9.17) is 0 Å². The summed E-state index contributed by atoms with van der Waals surface area (Å²) in [7, 11) is 3.81. The van der Waals surface area contributed by atoms with Crippen molar-refractivity contribution in [3.63, 3.8) is 0 Å². The number of anilines is 1. The second-order valence-corrected chi connectivity index (χ2v) is 7.62. The molecule has 29 heavy (non-hydrogen) atoms. The first-order chi connectivity index (χ1) is 14.0. The zero-order chi connectivity index (χ0) is 20.2. The van der Waals surface area contributed by atoms with E-state index >= 15 is 0 Å². The molecule has 8 heteroatoms. The molecule has 5 rings (SSSR count). The van der Waals surface area contributed by atoms with E-state index in [0.29, 0.717) is 19.4 Å². The number of carbonyl (C=O) groups excluding carboxylic acids is 1. The van der Waals surface area contributed by atoms with Crippen LogP contribution in [-0.4, -0.2) is 43.2 Å². The van der Waals surface area contributed by atoms with Crippen LogP contribution in [0.25, 0.3) is 33.3 Å².